The normalized spacial score (nSPS) is 11.2. The lowest BCUT2D eigenvalue weighted by Crippen LogP contribution is -2.29. The average molecular weight is 390 g/mol. The summed E-state index contributed by atoms with van der Waals surface area (Å²) in [6, 6.07) is 9.53. The number of aryl methyl sites for hydroxylation is 2. The number of aromatic amines is 1. The lowest BCUT2D eigenvalue weighted by atomic mass is 10.3. The van der Waals surface area contributed by atoms with Crippen molar-refractivity contribution in [1.82, 2.24) is 19.1 Å². The van der Waals surface area contributed by atoms with Crippen LogP contribution in [0.4, 0.5) is 0 Å². The number of para-hydroxylation sites is 1. The van der Waals surface area contributed by atoms with Crippen molar-refractivity contribution >= 4 is 22.9 Å². The van der Waals surface area contributed by atoms with Crippen molar-refractivity contribution in [2.24, 2.45) is 7.05 Å². The SMILES string of the molecule is Cn1c(=O)[nH]c(=O)c2c1nc(SCCCO)n2CCCOc1ccccc1. The Morgan fingerprint density at radius 2 is 2.00 bits per heavy atom. The van der Waals surface area contributed by atoms with Gasteiger partial charge in [-0.25, -0.2) is 9.78 Å². The lowest BCUT2D eigenvalue weighted by Gasteiger charge is -2.09. The molecule has 0 atom stereocenters. The molecule has 3 rings (SSSR count). The highest BCUT2D eigenvalue weighted by Crippen LogP contribution is 2.22. The molecule has 0 spiro atoms. The molecular weight excluding hydrogens is 368 g/mol. The third kappa shape index (κ3) is 4.42. The Bertz CT molecular complexity index is 1010. The Kier molecular flexibility index (Phi) is 6.36. The van der Waals surface area contributed by atoms with E-state index in [0.29, 0.717) is 48.1 Å². The predicted molar refractivity (Wildman–Crippen MR) is 105 cm³/mol. The van der Waals surface area contributed by atoms with Gasteiger partial charge in [0.25, 0.3) is 5.56 Å². The number of ether oxygens (including phenoxy) is 1. The highest BCUT2D eigenvalue weighted by Gasteiger charge is 2.17. The molecular formula is C18H22N4O4S. The van der Waals surface area contributed by atoms with Crippen LogP contribution in [0.1, 0.15) is 12.8 Å². The predicted octanol–water partition coefficient (Wildman–Crippen LogP) is 1.37. The monoisotopic (exact) mass is 390 g/mol. The summed E-state index contributed by atoms with van der Waals surface area (Å²) in [7, 11) is 1.58. The number of H-pyrrole nitrogens is 1. The summed E-state index contributed by atoms with van der Waals surface area (Å²) in [5.74, 6) is 1.47. The van der Waals surface area contributed by atoms with E-state index in [1.165, 1.54) is 16.3 Å². The highest BCUT2D eigenvalue weighted by atomic mass is 32.2. The minimum atomic E-state index is -0.489. The molecule has 0 unspecified atom stereocenters. The van der Waals surface area contributed by atoms with Gasteiger partial charge in [-0.05, 0) is 25.0 Å². The number of rotatable bonds is 9. The summed E-state index contributed by atoms with van der Waals surface area (Å²) in [6.07, 6.45) is 1.30. The molecule has 0 fully saturated rings. The largest absolute Gasteiger partial charge is 0.494 e. The van der Waals surface area contributed by atoms with Crippen LogP contribution < -0.4 is 16.0 Å². The lowest BCUT2D eigenvalue weighted by molar-refractivity contribution is 0.296. The van der Waals surface area contributed by atoms with Gasteiger partial charge < -0.3 is 14.4 Å². The summed E-state index contributed by atoms with van der Waals surface area (Å²) in [4.78, 5) is 31.0. The first kappa shape index (κ1) is 19.2. The van der Waals surface area contributed by atoms with Gasteiger partial charge in [0.1, 0.15) is 5.75 Å². The summed E-state index contributed by atoms with van der Waals surface area (Å²) in [6.45, 7) is 1.12. The molecule has 9 heteroatoms. The molecule has 0 radical (unpaired) electrons. The van der Waals surface area contributed by atoms with Crippen LogP contribution >= 0.6 is 11.8 Å². The Hall–Kier alpha value is -2.52. The zero-order chi connectivity index (χ0) is 19.2. The Morgan fingerprint density at radius 3 is 2.74 bits per heavy atom. The zero-order valence-corrected chi connectivity index (χ0v) is 15.9. The van der Waals surface area contributed by atoms with E-state index in [1.807, 2.05) is 34.9 Å². The second kappa shape index (κ2) is 8.92. The maximum Gasteiger partial charge on any atom is 0.329 e. The fourth-order valence-corrected chi connectivity index (χ4v) is 3.64. The van der Waals surface area contributed by atoms with Gasteiger partial charge in [0.05, 0.1) is 6.61 Å². The maximum atomic E-state index is 12.4. The molecule has 0 aliphatic rings. The number of imidazole rings is 1. The van der Waals surface area contributed by atoms with Crippen molar-refractivity contribution in [1.29, 1.82) is 0 Å². The van der Waals surface area contributed by atoms with Crippen LogP contribution in [0.3, 0.4) is 0 Å². The van der Waals surface area contributed by atoms with Gasteiger partial charge in [-0.1, -0.05) is 30.0 Å². The quantitative estimate of drug-likeness (QED) is 0.423. The standard InChI is InChI=1S/C18H22N4O4S/c1-21-15-14(16(24)20-17(21)25)22(18(19-15)27-12-6-10-23)9-5-11-26-13-7-3-2-4-8-13/h2-4,7-8,23H,5-6,9-12H2,1H3,(H,20,24,25). The number of nitrogens with one attached hydrogen (secondary N) is 1. The van der Waals surface area contributed by atoms with Crippen LogP contribution in [-0.4, -0.2) is 43.2 Å². The molecule has 1 aromatic carbocycles. The van der Waals surface area contributed by atoms with Crippen molar-refractivity contribution in [3.63, 3.8) is 0 Å². The van der Waals surface area contributed by atoms with Crippen LogP contribution in [0.25, 0.3) is 11.2 Å². The fourth-order valence-electron chi connectivity index (χ4n) is 2.69. The van der Waals surface area contributed by atoms with E-state index in [2.05, 4.69) is 9.97 Å². The first-order valence-electron chi connectivity index (χ1n) is 8.73. The van der Waals surface area contributed by atoms with Gasteiger partial charge in [0.2, 0.25) is 0 Å². The first-order chi connectivity index (χ1) is 13.1. The number of hydrogen-bond donors (Lipinski definition) is 2. The summed E-state index contributed by atoms with van der Waals surface area (Å²) < 4.78 is 8.87. The topological polar surface area (TPSA) is 102 Å². The number of aromatic nitrogens is 4. The van der Waals surface area contributed by atoms with Crippen LogP contribution in [-0.2, 0) is 13.6 Å². The molecule has 8 nitrogen and oxygen atoms in total. The highest BCUT2D eigenvalue weighted by molar-refractivity contribution is 7.99. The van der Waals surface area contributed by atoms with Crippen molar-refractivity contribution < 1.29 is 9.84 Å². The molecule has 0 saturated heterocycles. The number of benzene rings is 1. The molecule has 0 aliphatic carbocycles. The third-order valence-corrected chi connectivity index (χ3v) is 5.11. The van der Waals surface area contributed by atoms with Crippen LogP contribution in [0.15, 0.2) is 45.1 Å². The summed E-state index contributed by atoms with van der Waals surface area (Å²) in [5, 5.41) is 9.66. The van der Waals surface area contributed by atoms with E-state index in [0.717, 1.165) is 5.75 Å². The second-order valence-electron chi connectivity index (χ2n) is 5.98. The van der Waals surface area contributed by atoms with Gasteiger partial charge in [-0.2, -0.15) is 0 Å². The molecule has 2 N–H and O–H groups in total. The van der Waals surface area contributed by atoms with E-state index in [-0.39, 0.29) is 6.61 Å². The third-order valence-electron chi connectivity index (χ3n) is 4.04. The van der Waals surface area contributed by atoms with Crippen LogP contribution in [0.5, 0.6) is 5.75 Å². The maximum absolute atomic E-state index is 12.4. The molecule has 0 saturated carbocycles. The molecule has 0 bridgehead atoms. The molecule has 3 aromatic rings. The molecule has 27 heavy (non-hydrogen) atoms. The number of fused-ring (bicyclic) bond motifs is 1. The summed E-state index contributed by atoms with van der Waals surface area (Å²) in [5.41, 5.74) is -0.197. The minimum Gasteiger partial charge on any atom is -0.494 e. The molecule has 0 amide bonds. The van der Waals surface area contributed by atoms with Crippen LogP contribution in [0.2, 0.25) is 0 Å². The van der Waals surface area contributed by atoms with Crippen LogP contribution in [0, 0.1) is 0 Å². The Morgan fingerprint density at radius 1 is 1.22 bits per heavy atom. The average Bonchev–Trinajstić information content (AvgIpc) is 3.04. The number of hydrogen-bond acceptors (Lipinski definition) is 6. The smallest absolute Gasteiger partial charge is 0.329 e. The van der Waals surface area contributed by atoms with Crippen molar-refractivity contribution in [3.05, 3.63) is 51.2 Å². The van der Waals surface area contributed by atoms with Crippen molar-refractivity contribution in [3.8, 4) is 5.75 Å². The fraction of sp³-hybridized carbons (Fsp3) is 0.389. The minimum absolute atomic E-state index is 0.0945. The van der Waals surface area contributed by atoms with E-state index < -0.39 is 11.2 Å². The number of thioether (sulfide) groups is 1. The van der Waals surface area contributed by atoms with E-state index in [9.17, 15) is 9.59 Å². The Labute approximate surface area is 159 Å². The molecule has 0 aliphatic heterocycles. The van der Waals surface area contributed by atoms with Gasteiger partial charge in [-0.15, -0.1) is 0 Å². The molecule has 2 aromatic heterocycles. The zero-order valence-electron chi connectivity index (χ0n) is 15.1. The van der Waals surface area contributed by atoms with Crippen molar-refractivity contribution in [2.45, 2.75) is 24.5 Å². The second-order valence-corrected chi connectivity index (χ2v) is 7.04. The Balaban J connectivity index is 1.82. The molecule has 2 heterocycles. The van der Waals surface area contributed by atoms with E-state index in [4.69, 9.17) is 9.84 Å². The van der Waals surface area contributed by atoms with Gasteiger partial charge in [0, 0.05) is 26.0 Å². The van der Waals surface area contributed by atoms with E-state index in [1.54, 1.807) is 7.05 Å². The van der Waals surface area contributed by atoms with Gasteiger partial charge >= 0.3 is 5.69 Å². The van der Waals surface area contributed by atoms with Crippen molar-refractivity contribution in [2.75, 3.05) is 19.0 Å². The molecule has 144 valence electrons. The van der Waals surface area contributed by atoms with Gasteiger partial charge in [-0.3, -0.25) is 14.3 Å². The first-order valence-corrected chi connectivity index (χ1v) is 9.71. The number of aliphatic hydroxyl groups excluding tert-OH is 1. The van der Waals surface area contributed by atoms with Gasteiger partial charge in [0.15, 0.2) is 16.3 Å². The summed E-state index contributed by atoms with van der Waals surface area (Å²) >= 11 is 1.46. The van der Waals surface area contributed by atoms with E-state index >= 15 is 0 Å². The number of aliphatic hydroxyl groups is 1. The number of nitrogens with zero attached hydrogens (tertiary/aromatic N) is 3.